The van der Waals surface area contributed by atoms with E-state index in [1.807, 2.05) is 34.7 Å². The number of carbonyl (C=O) groups excluding carboxylic acids is 1. The third-order valence-corrected chi connectivity index (χ3v) is 6.78. The smallest absolute Gasteiger partial charge is 0.233 e. The molecular formula is C19H26N6O2S. The molecule has 28 heavy (non-hydrogen) atoms. The number of aryl methyl sites for hydroxylation is 1. The van der Waals surface area contributed by atoms with Crippen molar-refractivity contribution in [2.45, 2.75) is 30.1 Å². The number of pyridine rings is 1. The van der Waals surface area contributed by atoms with Gasteiger partial charge in [0, 0.05) is 33.4 Å². The lowest BCUT2D eigenvalue weighted by molar-refractivity contribution is -0.127. The van der Waals surface area contributed by atoms with Gasteiger partial charge in [0.2, 0.25) is 5.91 Å². The van der Waals surface area contributed by atoms with Gasteiger partial charge in [0.25, 0.3) is 0 Å². The van der Waals surface area contributed by atoms with Crippen LogP contribution in [-0.4, -0.2) is 68.7 Å². The van der Waals surface area contributed by atoms with Crippen LogP contribution in [0.25, 0.3) is 0 Å². The van der Waals surface area contributed by atoms with Crippen molar-refractivity contribution in [1.82, 2.24) is 24.6 Å². The SMILES string of the molecule is CO[C@@H]1C[C@H]2CN(C(=O)CSc3nncn3C)C[C@H]2C[C@H]1Nc1ccccn1. The maximum atomic E-state index is 12.7. The summed E-state index contributed by atoms with van der Waals surface area (Å²) in [6.07, 6.45) is 5.52. The van der Waals surface area contributed by atoms with Crippen molar-refractivity contribution in [2.24, 2.45) is 18.9 Å². The van der Waals surface area contributed by atoms with E-state index < -0.39 is 0 Å². The Morgan fingerprint density at radius 3 is 2.82 bits per heavy atom. The van der Waals surface area contributed by atoms with Gasteiger partial charge in [-0.15, -0.1) is 10.2 Å². The van der Waals surface area contributed by atoms with Crippen LogP contribution >= 0.6 is 11.8 Å². The lowest BCUT2D eigenvalue weighted by atomic mass is 9.77. The number of nitrogens with zero attached hydrogens (tertiary/aromatic N) is 5. The molecule has 150 valence electrons. The first kappa shape index (κ1) is 19.2. The number of rotatable bonds is 6. The number of nitrogens with one attached hydrogen (secondary N) is 1. The highest BCUT2D eigenvalue weighted by Crippen LogP contribution is 2.38. The Bertz CT molecular complexity index is 801. The number of hydrogen-bond donors (Lipinski definition) is 1. The lowest BCUT2D eigenvalue weighted by Gasteiger charge is -2.37. The molecule has 8 nitrogen and oxygen atoms in total. The number of thioether (sulfide) groups is 1. The Labute approximate surface area is 169 Å². The second kappa shape index (κ2) is 8.48. The molecule has 0 unspecified atom stereocenters. The highest BCUT2D eigenvalue weighted by Gasteiger charge is 2.43. The van der Waals surface area contributed by atoms with E-state index in [0.717, 1.165) is 36.9 Å². The molecule has 4 rings (SSSR count). The summed E-state index contributed by atoms with van der Waals surface area (Å²) < 4.78 is 7.61. The maximum absolute atomic E-state index is 12.7. The summed E-state index contributed by atoms with van der Waals surface area (Å²) in [4.78, 5) is 19.1. The Morgan fingerprint density at radius 2 is 2.14 bits per heavy atom. The summed E-state index contributed by atoms with van der Waals surface area (Å²) in [5.74, 6) is 2.44. The zero-order valence-corrected chi connectivity index (χ0v) is 17.0. The van der Waals surface area contributed by atoms with Crippen LogP contribution in [0.1, 0.15) is 12.8 Å². The standard InChI is InChI=1S/C19H26N6O2S/c1-24-12-21-23-19(24)28-11-18(26)25-9-13-7-15(16(27-2)8-14(13)10-25)22-17-5-3-4-6-20-17/h3-6,12-16H,7-11H2,1-2H3,(H,20,22)/t13-,14+,15-,16-/m1/s1. The largest absolute Gasteiger partial charge is 0.379 e. The van der Waals surface area contributed by atoms with Crippen LogP contribution in [0.3, 0.4) is 0 Å². The molecular weight excluding hydrogens is 376 g/mol. The molecule has 0 aromatic carbocycles. The fourth-order valence-corrected chi connectivity index (χ4v) is 5.08. The van der Waals surface area contributed by atoms with E-state index in [0.29, 0.717) is 17.6 Å². The molecule has 1 aliphatic heterocycles. The Kier molecular flexibility index (Phi) is 5.82. The number of likely N-dealkylation sites (tertiary alicyclic amines) is 1. The van der Waals surface area contributed by atoms with E-state index in [4.69, 9.17) is 4.74 Å². The van der Waals surface area contributed by atoms with Crippen molar-refractivity contribution < 1.29 is 9.53 Å². The normalized spacial score (nSPS) is 26.9. The predicted molar refractivity (Wildman–Crippen MR) is 107 cm³/mol. The molecule has 2 aliphatic rings. The Morgan fingerprint density at radius 1 is 1.32 bits per heavy atom. The summed E-state index contributed by atoms with van der Waals surface area (Å²) in [5, 5.41) is 12.2. The summed E-state index contributed by atoms with van der Waals surface area (Å²) in [5.41, 5.74) is 0. The van der Waals surface area contributed by atoms with E-state index in [1.165, 1.54) is 11.8 Å². The van der Waals surface area contributed by atoms with Crippen molar-refractivity contribution in [1.29, 1.82) is 0 Å². The minimum Gasteiger partial charge on any atom is -0.379 e. The fraction of sp³-hybridized carbons (Fsp3) is 0.579. The zero-order valence-electron chi connectivity index (χ0n) is 16.2. The van der Waals surface area contributed by atoms with Gasteiger partial charge in [0.1, 0.15) is 12.1 Å². The highest BCUT2D eigenvalue weighted by molar-refractivity contribution is 7.99. The molecule has 1 saturated carbocycles. The summed E-state index contributed by atoms with van der Waals surface area (Å²) in [6.45, 7) is 1.64. The number of ether oxygens (including phenoxy) is 1. The second-order valence-electron chi connectivity index (χ2n) is 7.54. The van der Waals surface area contributed by atoms with Crippen LogP contribution in [0.5, 0.6) is 0 Å². The van der Waals surface area contributed by atoms with Crippen molar-refractivity contribution in [3.05, 3.63) is 30.7 Å². The van der Waals surface area contributed by atoms with Gasteiger partial charge in [-0.3, -0.25) is 4.79 Å². The number of aromatic nitrogens is 4. The van der Waals surface area contributed by atoms with Crippen molar-refractivity contribution in [3.8, 4) is 0 Å². The molecule has 1 saturated heterocycles. The fourth-order valence-electron chi connectivity index (χ4n) is 4.29. The van der Waals surface area contributed by atoms with E-state index in [2.05, 4.69) is 20.5 Å². The number of hydrogen-bond acceptors (Lipinski definition) is 7. The first-order valence-electron chi connectivity index (χ1n) is 9.59. The third kappa shape index (κ3) is 4.15. The van der Waals surface area contributed by atoms with E-state index in [9.17, 15) is 4.79 Å². The minimum atomic E-state index is 0.131. The summed E-state index contributed by atoms with van der Waals surface area (Å²) in [7, 11) is 3.66. The zero-order chi connectivity index (χ0) is 19.5. The molecule has 2 aromatic rings. The maximum Gasteiger partial charge on any atom is 0.233 e. The molecule has 2 aromatic heterocycles. The molecule has 0 radical (unpaired) electrons. The van der Waals surface area contributed by atoms with Crippen LogP contribution in [0.2, 0.25) is 0 Å². The number of methoxy groups -OCH3 is 1. The third-order valence-electron chi connectivity index (χ3n) is 5.77. The van der Waals surface area contributed by atoms with Gasteiger partial charge < -0.3 is 19.5 Å². The molecule has 3 heterocycles. The van der Waals surface area contributed by atoms with Crippen LogP contribution in [-0.2, 0) is 16.6 Å². The van der Waals surface area contributed by atoms with Gasteiger partial charge in [0.05, 0.1) is 17.9 Å². The Balaban J connectivity index is 1.35. The quantitative estimate of drug-likeness (QED) is 0.736. The average molecular weight is 403 g/mol. The van der Waals surface area contributed by atoms with Crippen LogP contribution in [0.15, 0.2) is 35.9 Å². The van der Waals surface area contributed by atoms with Gasteiger partial charge in [-0.2, -0.15) is 0 Å². The van der Waals surface area contributed by atoms with Gasteiger partial charge in [-0.1, -0.05) is 17.8 Å². The number of anilines is 1. The average Bonchev–Trinajstić information content (AvgIpc) is 3.31. The monoisotopic (exact) mass is 402 g/mol. The van der Waals surface area contributed by atoms with Crippen molar-refractivity contribution in [3.63, 3.8) is 0 Å². The van der Waals surface area contributed by atoms with Crippen LogP contribution in [0, 0.1) is 11.8 Å². The molecule has 2 fully saturated rings. The highest BCUT2D eigenvalue weighted by atomic mass is 32.2. The van der Waals surface area contributed by atoms with Gasteiger partial charge in [-0.25, -0.2) is 4.98 Å². The van der Waals surface area contributed by atoms with Gasteiger partial charge >= 0.3 is 0 Å². The molecule has 9 heteroatoms. The number of amides is 1. The van der Waals surface area contributed by atoms with Gasteiger partial charge in [-0.05, 0) is 36.8 Å². The van der Waals surface area contributed by atoms with Crippen molar-refractivity contribution in [2.75, 3.05) is 31.3 Å². The lowest BCUT2D eigenvalue weighted by Crippen LogP contribution is -2.44. The molecule has 0 spiro atoms. The first-order chi connectivity index (χ1) is 13.6. The molecule has 1 amide bonds. The second-order valence-corrected chi connectivity index (χ2v) is 8.49. The molecule has 0 bridgehead atoms. The number of fused-ring (bicyclic) bond motifs is 1. The van der Waals surface area contributed by atoms with Crippen molar-refractivity contribution >= 4 is 23.5 Å². The minimum absolute atomic E-state index is 0.131. The predicted octanol–water partition coefficient (Wildman–Crippen LogP) is 1.67. The van der Waals surface area contributed by atoms with E-state index in [1.54, 1.807) is 19.6 Å². The molecule has 4 atom stereocenters. The van der Waals surface area contributed by atoms with E-state index in [-0.39, 0.29) is 18.1 Å². The molecule has 1 aliphatic carbocycles. The molecule has 1 N–H and O–H groups in total. The summed E-state index contributed by atoms with van der Waals surface area (Å²) >= 11 is 1.44. The summed E-state index contributed by atoms with van der Waals surface area (Å²) in [6, 6.07) is 6.08. The van der Waals surface area contributed by atoms with Crippen LogP contribution in [0.4, 0.5) is 5.82 Å². The topological polar surface area (TPSA) is 85.2 Å². The Hall–Kier alpha value is -2.13. The van der Waals surface area contributed by atoms with E-state index >= 15 is 0 Å². The van der Waals surface area contributed by atoms with Crippen LogP contribution < -0.4 is 5.32 Å². The first-order valence-corrected chi connectivity index (χ1v) is 10.6. The number of carbonyl (C=O) groups is 1. The van der Waals surface area contributed by atoms with Gasteiger partial charge in [0.15, 0.2) is 5.16 Å².